The highest BCUT2D eigenvalue weighted by Crippen LogP contribution is 2.31. The van der Waals surface area contributed by atoms with Crippen molar-refractivity contribution in [2.75, 3.05) is 0 Å². The van der Waals surface area contributed by atoms with Crippen LogP contribution in [0.1, 0.15) is 27.7 Å². The second-order valence-electron chi connectivity index (χ2n) is 4.41. The van der Waals surface area contributed by atoms with Gasteiger partial charge in [0, 0.05) is 12.5 Å². The maximum atomic E-state index is 10.6. The molecule has 0 bridgehead atoms. The SMILES string of the molecule is CC(=O)O/C=C1\C=CC(C(C)(C)C)=C1. The zero-order valence-corrected chi connectivity index (χ0v) is 9.13. The maximum absolute atomic E-state index is 10.6. The third-order valence-corrected chi connectivity index (χ3v) is 2.00. The Bertz CT molecular complexity index is 325. The van der Waals surface area contributed by atoms with E-state index in [-0.39, 0.29) is 11.4 Å². The van der Waals surface area contributed by atoms with Crippen molar-refractivity contribution in [3.05, 3.63) is 35.6 Å². The van der Waals surface area contributed by atoms with E-state index >= 15 is 0 Å². The molecule has 0 heterocycles. The first-order valence-electron chi connectivity index (χ1n) is 4.67. The first kappa shape index (κ1) is 10.8. The average molecular weight is 192 g/mol. The summed E-state index contributed by atoms with van der Waals surface area (Å²) >= 11 is 0. The van der Waals surface area contributed by atoms with Gasteiger partial charge in [0.05, 0.1) is 0 Å². The van der Waals surface area contributed by atoms with Crippen molar-refractivity contribution >= 4 is 5.97 Å². The van der Waals surface area contributed by atoms with Crippen LogP contribution in [0.5, 0.6) is 0 Å². The summed E-state index contributed by atoms with van der Waals surface area (Å²) in [7, 11) is 0. The molecule has 0 unspecified atom stereocenters. The Balaban J connectivity index is 2.73. The Hall–Kier alpha value is -1.31. The van der Waals surface area contributed by atoms with Gasteiger partial charge in [-0.15, -0.1) is 0 Å². The Morgan fingerprint density at radius 1 is 1.36 bits per heavy atom. The van der Waals surface area contributed by atoms with Crippen LogP contribution in [-0.2, 0) is 9.53 Å². The largest absolute Gasteiger partial charge is 0.434 e. The van der Waals surface area contributed by atoms with Gasteiger partial charge >= 0.3 is 5.97 Å². The molecule has 0 atom stereocenters. The number of hydrogen-bond acceptors (Lipinski definition) is 2. The molecule has 0 aromatic carbocycles. The van der Waals surface area contributed by atoms with E-state index in [0.717, 1.165) is 5.57 Å². The summed E-state index contributed by atoms with van der Waals surface area (Å²) in [6.07, 6.45) is 7.51. The Morgan fingerprint density at radius 3 is 2.43 bits per heavy atom. The van der Waals surface area contributed by atoms with Gasteiger partial charge in [0.2, 0.25) is 0 Å². The molecule has 0 aromatic rings. The van der Waals surface area contributed by atoms with Crippen LogP contribution in [0.4, 0.5) is 0 Å². The highest BCUT2D eigenvalue weighted by molar-refractivity contribution is 5.67. The number of hydrogen-bond donors (Lipinski definition) is 0. The van der Waals surface area contributed by atoms with Gasteiger partial charge in [-0.05, 0) is 17.1 Å². The van der Waals surface area contributed by atoms with Crippen LogP contribution >= 0.6 is 0 Å². The van der Waals surface area contributed by atoms with Gasteiger partial charge < -0.3 is 4.74 Å². The summed E-state index contributed by atoms with van der Waals surface area (Å²) in [4.78, 5) is 10.6. The molecule has 2 nitrogen and oxygen atoms in total. The van der Waals surface area contributed by atoms with Crippen molar-refractivity contribution in [3.63, 3.8) is 0 Å². The average Bonchev–Trinajstić information content (AvgIpc) is 2.47. The quantitative estimate of drug-likeness (QED) is 0.471. The van der Waals surface area contributed by atoms with Crippen LogP contribution in [0, 0.1) is 5.41 Å². The Morgan fingerprint density at radius 2 is 2.00 bits per heavy atom. The van der Waals surface area contributed by atoms with E-state index in [1.54, 1.807) is 0 Å². The topological polar surface area (TPSA) is 26.3 Å². The predicted octanol–water partition coefficient (Wildman–Crippen LogP) is 2.98. The standard InChI is InChI=1S/C12H16O2/c1-9(13)14-8-10-5-6-11(7-10)12(2,3)4/h5-8H,1-4H3/b10-8+. The molecule has 2 heteroatoms. The highest BCUT2D eigenvalue weighted by Gasteiger charge is 2.17. The van der Waals surface area contributed by atoms with Gasteiger partial charge in [-0.25, -0.2) is 0 Å². The van der Waals surface area contributed by atoms with Crippen molar-refractivity contribution in [3.8, 4) is 0 Å². The Labute approximate surface area is 85.0 Å². The summed E-state index contributed by atoms with van der Waals surface area (Å²) in [5.41, 5.74) is 2.32. The highest BCUT2D eigenvalue weighted by atomic mass is 16.5. The monoisotopic (exact) mass is 192 g/mol. The number of esters is 1. The molecule has 1 aliphatic rings. The van der Waals surface area contributed by atoms with Crippen LogP contribution in [0.25, 0.3) is 0 Å². The number of rotatable bonds is 1. The van der Waals surface area contributed by atoms with Gasteiger partial charge in [-0.3, -0.25) is 4.79 Å². The summed E-state index contributed by atoms with van der Waals surface area (Å²) in [5, 5.41) is 0. The lowest BCUT2D eigenvalue weighted by Crippen LogP contribution is -2.05. The van der Waals surface area contributed by atoms with Crippen LogP contribution in [-0.4, -0.2) is 5.97 Å². The second-order valence-corrected chi connectivity index (χ2v) is 4.41. The van der Waals surface area contributed by atoms with Gasteiger partial charge in [-0.1, -0.05) is 32.9 Å². The van der Waals surface area contributed by atoms with Gasteiger partial charge in [0.15, 0.2) is 0 Å². The molecule has 0 spiro atoms. The lowest BCUT2D eigenvalue weighted by molar-refractivity contribution is -0.135. The Kier molecular flexibility index (Phi) is 2.94. The van der Waals surface area contributed by atoms with Gasteiger partial charge in [0.25, 0.3) is 0 Å². The smallest absolute Gasteiger partial charge is 0.307 e. The molecular weight excluding hydrogens is 176 g/mol. The molecule has 1 aliphatic carbocycles. The minimum absolute atomic E-state index is 0.141. The fourth-order valence-corrected chi connectivity index (χ4v) is 1.15. The van der Waals surface area contributed by atoms with Crippen LogP contribution in [0.3, 0.4) is 0 Å². The van der Waals surface area contributed by atoms with Crippen molar-refractivity contribution in [2.24, 2.45) is 5.41 Å². The van der Waals surface area contributed by atoms with E-state index in [9.17, 15) is 4.79 Å². The number of ether oxygens (including phenoxy) is 1. The number of carbonyl (C=O) groups excluding carboxylic acids is 1. The minimum Gasteiger partial charge on any atom is -0.434 e. The molecule has 14 heavy (non-hydrogen) atoms. The van der Waals surface area contributed by atoms with Crippen molar-refractivity contribution < 1.29 is 9.53 Å². The maximum Gasteiger partial charge on any atom is 0.307 e. The molecule has 1 rings (SSSR count). The summed E-state index contributed by atoms with van der Waals surface area (Å²) in [6, 6.07) is 0. The van der Waals surface area contributed by atoms with E-state index < -0.39 is 0 Å². The normalized spacial score (nSPS) is 18.6. The zero-order chi connectivity index (χ0) is 10.8. The molecule has 0 radical (unpaired) electrons. The third kappa shape index (κ3) is 2.87. The first-order chi connectivity index (χ1) is 6.39. The van der Waals surface area contributed by atoms with Gasteiger partial charge in [-0.2, -0.15) is 0 Å². The van der Waals surface area contributed by atoms with E-state index in [0.29, 0.717) is 0 Å². The summed E-state index contributed by atoms with van der Waals surface area (Å²) in [6.45, 7) is 7.85. The van der Waals surface area contributed by atoms with E-state index in [4.69, 9.17) is 4.74 Å². The molecule has 0 saturated heterocycles. The third-order valence-electron chi connectivity index (χ3n) is 2.00. The molecule has 0 saturated carbocycles. The van der Waals surface area contributed by atoms with Crippen LogP contribution < -0.4 is 0 Å². The molecule has 0 aromatic heterocycles. The fraction of sp³-hybridized carbons (Fsp3) is 0.417. The fourth-order valence-electron chi connectivity index (χ4n) is 1.15. The molecule has 0 amide bonds. The number of carbonyl (C=O) groups is 1. The predicted molar refractivity (Wildman–Crippen MR) is 56.5 cm³/mol. The molecule has 76 valence electrons. The number of allylic oxidation sites excluding steroid dienone is 5. The zero-order valence-electron chi connectivity index (χ0n) is 9.13. The van der Waals surface area contributed by atoms with Crippen molar-refractivity contribution in [1.29, 1.82) is 0 Å². The summed E-state index contributed by atoms with van der Waals surface area (Å²) < 4.78 is 4.79. The lowest BCUT2D eigenvalue weighted by Gasteiger charge is -2.17. The lowest BCUT2D eigenvalue weighted by atomic mass is 9.87. The molecule has 0 fully saturated rings. The first-order valence-corrected chi connectivity index (χ1v) is 4.67. The van der Waals surface area contributed by atoms with Crippen LogP contribution in [0.2, 0.25) is 0 Å². The van der Waals surface area contributed by atoms with E-state index in [1.165, 1.54) is 18.8 Å². The van der Waals surface area contributed by atoms with E-state index in [1.807, 2.05) is 12.2 Å². The molecule has 0 N–H and O–H groups in total. The second kappa shape index (κ2) is 3.82. The van der Waals surface area contributed by atoms with Crippen molar-refractivity contribution in [1.82, 2.24) is 0 Å². The van der Waals surface area contributed by atoms with E-state index in [2.05, 4.69) is 26.8 Å². The van der Waals surface area contributed by atoms with Gasteiger partial charge in [0.1, 0.15) is 6.26 Å². The summed E-state index contributed by atoms with van der Waals surface area (Å²) in [5.74, 6) is -0.288. The van der Waals surface area contributed by atoms with Crippen LogP contribution in [0.15, 0.2) is 35.6 Å². The molecular formula is C12H16O2. The molecule has 0 aliphatic heterocycles. The van der Waals surface area contributed by atoms with Crippen molar-refractivity contribution in [2.45, 2.75) is 27.7 Å². The minimum atomic E-state index is -0.288.